The lowest BCUT2D eigenvalue weighted by molar-refractivity contribution is 0.130. The predicted octanol–water partition coefficient (Wildman–Crippen LogP) is 3.05. The molecule has 19 heavy (non-hydrogen) atoms. The van der Waals surface area contributed by atoms with Gasteiger partial charge in [0.05, 0.1) is 13.2 Å². The van der Waals surface area contributed by atoms with Gasteiger partial charge in [-0.3, -0.25) is 0 Å². The van der Waals surface area contributed by atoms with E-state index in [1.54, 1.807) is 6.07 Å². The summed E-state index contributed by atoms with van der Waals surface area (Å²) >= 11 is 0. The normalized spacial score (nSPS) is 14.5. The van der Waals surface area contributed by atoms with E-state index in [0.29, 0.717) is 12.2 Å². The number of nitrogens with two attached hydrogens (primary N) is 1. The first-order chi connectivity index (χ1) is 8.25. The Morgan fingerprint density at radius 1 is 1.37 bits per heavy atom. The lowest BCUT2D eigenvalue weighted by atomic mass is 9.83. The largest absolute Gasteiger partial charge is 0.497 e. The summed E-state index contributed by atoms with van der Waals surface area (Å²) in [5, 5.41) is 10.0. The molecular formula is C14H23ClFNO2. The van der Waals surface area contributed by atoms with Crippen molar-refractivity contribution in [1.29, 1.82) is 0 Å². The molecule has 0 saturated heterocycles. The van der Waals surface area contributed by atoms with E-state index in [4.69, 9.17) is 10.5 Å². The van der Waals surface area contributed by atoms with Crippen LogP contribution in [0.5, 0.6) is 5.75 Å². The van der Waals surface area contributed by atoms with E-state index in [1.165, 1.54) is 19.2 Å². The van der Waals surface area contributed by atoms with Crippen molar-refractivity contribution in [2.45, 2.75) is 39.3 Å². The van der Waals surface area contributed by atoms with Gasteiger partial charge in [-0.15, -0.1) is 12.4 Å². The second-order valence-electron chi connectivity index (χ2n) is 5.61. The summed E-state index contributed by atoms with van der Waals surface area (Å²) in [5.41, 5.74) is 6.13. The highest BCUT2D eigenvalue weighted by atomic mass is 35.5. The van der Waals surface area contributed by atoms with Gasteiger partial charge in [-0.05, 0) is 24.0 Å². The molecule has 0 bridgehead atoms. The van der Waals surface area contributed by atoms with Crippen molar-refractivity contribution in [3.63, 3.8) is 0 Å². The average molecular weight is 292 g/mol. The Labute approximate surface area is 120 Å². The molecule has 1 aromatic carbocycles. The molecule has 5 heteroatoms. The van der Waals surface area contributed by atoms with Crippen LogP contribution in [0.15, 0.2) is 18.2 Å². The third-order valence-corrected chi connectivity index (χ3v) is 3.16. The van der Waals surface area contributed by atoms with Crippen molar-refractivity contribution in [2.75, 3.05) is 7.11 Å². The van der Waals surface area contributed by atoms with Crippen LogP contribution in [0.2, 0.25) is 0 Å². The molecule has 0 radical (unpaired) electrons. The zero-order chi connectivity index (χ0) is 13.9. The smallest absolute Gasteiger partial charge is 0.132 e. The summed E-state index contributed by atoms with van der Waals surface area (Å²) in [6.07, 6.45) is -0.572. The maximum absolute atomic E-state index is 13.8. The monoisotopic (exact) mass is 291 g/mol. The fourth-order valence-corrected chi connectivity index (χ4v) is 1.63. The summed E-state index contributed by atoms with van der Waals surface area (Å²) in [6, 6.07) is 4.23. The number of methoxy groups -OCH3 is 1. The molecule has 1 rings (SSSR count). The van der Waals surface area contributed by atoms with E-state index >= 15 is 0 Å². The van der Waals surface area contributed by atoms with Crippen LogP contribution in [0.4, 0.5) is 4.39 Å². The number of aliphatic hydroxyl groups excluding tert-OH is 1. The van der Waals surface area contributed by atoms with E-state index in [1.807, 2.05) is 20.8 Å². The highest BCUT2D eigenvalue weighted by Crippen LogP contribution is 2.29. The van der Waals surface area contributed by atoms with Crippen LogP contribution in [-0.4, -0.2) is 18.3 Å². The van der Waals surface area contributed by atoms with E-state index < -0.39 is 11.9 Å². The van der Waals surface area contributed by atoms with Crippen LogP contribution in [-0.2, 0) is 0 Å². The molecule has 3 nitrogen and oxygen atoms in total. The van der Waals surface area contributed by atoms with E-state index in [-0.39, 0.29) is 29.4 Å². The van der Waals surface area contributed by atoms with Crippen LogP contribution < -0.4 is 10.5 Å². The summed E-state index contributed by atoms with van der Waals surface area (Å²) in [7, 11) is 1.47. The highest BCUT2D eigenvalue weighted by Gasteiger charge is 2.25. The standard InChI is InChI=1S/C14H22FNO2.ClH/c1-14(2,3)13(16)8-12(17)10-6-5-9(18-4)7-11(10)15;/h5-7,12-13,17H,8,16H2,1-4H3;1H/t12-,13+;/m1./s1. The molecule has 1 aromatic rings. The summed E-state index contributed by atoms with van der Waals surface area (Å²) in [6.45, 7) is 5.98. The molecule has 0 fully saturated rings. The first-order valence-electron chi connectivity index (χ1n) is 6.02. The zero-order valence-corrected chi connectivity index (χ0v) is 12.6. The first kappa shape index (κ1) is 18.2. The maximum atomic E-state index is 13.8. The Morgan fingerprint density at radius 3 is 2.37 bits per heavy atom. The molecule has 0 amide bonds. The van der Waals surface area contributed by atoms with Crippen molar-refractivity contribution in [3.05, 3.63) is 29.6 Å². The average Bonchev–Trinajstić information content (AvgIpc) is 2.27. The molecule has 0 unspecified atom stereocenters. The minimum absolute atomic E-state index is 0. The third-order valence-electron chi connectivity index (χ3n) is 3.16. The lowest BCUT2D eigenvalue weighted by Gasteiger charge is -2.29. The van der Waals surface area contributed by atoms with Gasteiger partial charge in [0.1, 0.15) is 11.6 Å². The van der Waals surface area contributed by atoms with E-state index in [0.717, 1.165) is 0 Å². The van der Waals surface area contributed by atoms with Crippen molar-refractivity contribution in [1.82, 2.24) is 0 Å². The van der Waals surface area contributed by atoms with Gasteiger partial charge in [-0.1, -0.05) is 20.8 Å². The highest BCUT2D eigenvalue weighted by molar-refractivity contribution is 5.85. The quantitative estimate of drug-likeness (QED) is 0.896. The van der Waals surface area contributed by atoms with Crippen molar-refractivity contribution in [2.24, 2.45) is 11.1 Å². The molecule has 0 spiro atoms. The van der Waals surface area contributed by atoms with Crippen molar-refractivity contribution in [3.8, 4) is 5.75 Å². The molecule has 3 N–H and O–H groups in total. The molecule has 0 aliphatic rings. The van der Waals surface area contributed by atoms with Crippen LogP contribution in [0.1, 0.15) is 38.9 Å². The molecule has 110 valence electrons. The third kappa shape index (κ3) is 4.97. The van der Waals surface area contributed by atoms with E-state index in [9.17, 15) is 9.50 Å². The van der Waals surface area contributed by atoms with Crippen molar-refractivity contribution >= 4 is 12.4 Å². The van der Waals surface area contributed by atoms with Crippen LogP contribution in [0, 0.1) is 11.2 Å². The summed E-state index contributed by atoms with van der Waals surface area (Å²) in [4.78, 5) is 0. The van der Waals surface area contributed by atoms with E-state index in [2.05, 4.69) is 0 Å². The second-order valence-corrected chi connectivity index (χ2v) is 5.61. The minimum Gasteiger partial charge on any atom is -0.497 e. The number of rotatable bonds is 4. The number of ether oxygens (including phenoxy) is 1. The van der Waals surface area contributed by atoms with Gasteiger partial charge in [0.25, 0.3) is 0 Å². The molecule has 2 atom stereocenters. The molecule has 0 aliphatic heterocycles. The number of benzene rings is 1. The van der Waals surface area contributed by atoms with Gasteiger partial charge in [-0.25, -0.2) is 4.39 Å². The number of hydrogen-bond acceptors (Lipinski definition) is 3. The Balaban J connectivity index is 0.00000324. The minimum atomic E-state index is -0.898. The van der Waals surface area contributed by atoms with Crippen LogP contribution in [0.25, 0.3) is 0 Å². The fourth-order valence-electron chi connectivity index (χ4n) is 1.63. The summed E-state index contributed by atoms with van der Waals surface area (Å²) < 4.78 is 18.7. The molecule has 0 aromatic heterocycles. The fraction of sp³-hybridized carbons (Fsp3) is 0.571. The molecule has 0 aliphatic carbocycles. The van der Waals surface area contributed by atoms with Gasteiger partial charge in [0, 0.05) is 17.7 Å². The zero-order valence-electron chi connectivity index (χ0n) is 11.8. The number of aliphatic hydroxyl groups is 1. The Bertz CT molecular complexity index is 407. The Kier molecular flexibility index (Phi) is 6.77. The molecule has 0 saturated carbocycles. The summed E-state index contributed by atoms with van der Waals surface area (Å²) in [5.74, 6) is -0.0356. The van der Waals surface area contributed by atoms with Gasteiger partial charge in [-0.2, -0.15) is 0 Å². The SMILES string of the molecule is COc1ccc([C@H](O)C[C@H](N)C(C)(C)C)c(F)c1.Cl. The predicted molar refractivity (Wildman–Crippen MR) is 77.2 cm³/mol. The Hall–Kier alpha value is -0.840. The first-order valence-corrected chi connectivity index (χ1v) is 6.02. The van der Waals surface area contributed by atoms with Gasteiger partial charge >= 0.3 is 0 Å². The van der Waals surface area contributed by atoms with Gasteiger partial charge < -0.3 is 15.6 Å². The molecular weight excluding hydrogens is 269 g/mol. The number of halogens is 2. The maximum Gasteiger partial charge on any atom is 0.132 e. The lowest BCUT2D eigenvalue weighted by Crippen LogP contribution is -2.36. The van der Waals surface area contributed by atoms with Crippen LogP contribution >= 0.6 is 12.4 Å². The number of hydrogen-bond donors (Lipinski definition) is 2. The van der Waals surface area contributed by atoms with Gasteiger partial charge in [0.15, 0.2) is 0 Å². The van der Waals surface area contributed by atoms with Crippen LogP contribution in [0.3, 0.4) is 0 Å². The Morgan fingerprint density at radius 2 is 1.95 bits per heavy atom. The van der Waals surface area contributed by atoms with Crippen molar-refractivity contribution < 1.29 is 14.2 Å². The second kappa shape index (κ2) is 7.08. The topological polar surface area (TPSA) is 55.5 Å². The van der Waals surface area contributed by atoms with Gasteiger partial charge in [0.2, 0.25) is 0 Å². The molecule has 0 heterocycles.